The highest BCUT2D eigenvalue weighted by molar-refractivity contribution is 5.80. The van der Waals surface area contributed by atoms with E-state index in [4.69, 9.17) is 5.11 Å². The molecular weight excluding hydrogens is 260 g/mol. The molecule has 1 heterocycles. The van der Waals surface area contributed by atoms with Crippen LogP contribution in [0.1, 0.15) is 32.2 Å². The molecule has 1 atom stereocenters. The maximum Gasteiger partial charge on any atom is 0.305 e. The van der Waals surface area contributed by atoms with Crippen LogP contribution >= 0.6 is 0 Å². The molecule has 110 valence electrons. The highest BCUT2D eigenvalue weighted by Crippen LogP contribution is 2.14. The predicted octanol–water partition coefficient (Wildman–Crippen LogP) is 1.12. The third kappa shape index (κ3) is 4.22. The van der Waals surface area contributed by atoms with Gasteiger partial charge in [0.2, 0.25) is 5.91 Å². The summed E-state index contributed by atoms with van der Waals surface area (Å²) in [6.45, 7) is 2.07. The Hall–Kier alpha value is -2.11. The number of carboxylic acids is 1. The fourth-order valence-corrected chi connectivity index (χ4v) is 1.98. The predicted molar refractivity (Wildman–Crippen MR) is 74.5 cm³/mol. The van der Waals surface area contributed by atoms with Crippen LogP contribution < -0.4 is 5.56 Å². The number of likely N-dealkylation sites (N-methyl/N-ethyl adjacent to an activating group) is 1. The van der Waals surface area contributed by atoms with Gasteiger partial charge in [-0.15, -0.1) is 0 Å². The van der Waals surface area contributed by atoms with Gasteiger partial charge in [0.1, 0.15) is 6.04 Å². The zero-order valence-corrected chi connectivity index (χ0v) is 11.8. The van der Waals surface area contributed by atoms with Gasteiger partial charge >= 0.3 is 5.97 Å². The summed E-state index contributed by atoms with van der Waals surface area (Å²) in [4.78, 5) is 36.1. The fraction of sp³-hybridized carbons (Fsp3) is 0.500. The second-order valence-electron chi connectivity index (χ2n) is 4.65. The molecule has 0 aliphatic heterocycles. The smallest absolute Gasteiger partial charge is 0.305 e. The molecular formula is C14H20N2O4. The van der Waals surface area contributed by atoms with Crippen molar-refractivity contribution in [1.29, 1.82) is 0 Å². The number of carbonyl (C=O) groups is 2. The van der Waals surface area contributed by atoms with Crippen LogP contribution in [0, 0.1) is 0 Å². The van der Waals surface area contributed by atoms with Crippen molar-refractivity contribution in [2.75, 3.05) is 13.6 Å². The highest BCUT2D eigenvalue weighted by atomic mass is 16.4. The number of nitrogens with zero attached hydrogens (tertiary/aromatic N) is 2. The molecule has 1 aromatic heterocycles. The maximum atomic E-state index is 12.4. The fourth-order valence-electron chi connectivity index (χ4n) is 1.98. The standard InChI is InChI=1S/C14H20N2O4/c1-3-6-11(16-9-5-4-7-12(16)17)14(20)15(2)10-8-13(18)19/h4-5,7,9,11H,3,6,8,10H2,1-2H3,(H,18,19). The average Bonchev–Trinajstić information content (AvgIpc) is 2.42. The Morgan fingerprint density at radius 2 is 2.10 bits per heavy atom. The van der Waals surface area contributed by atoms with E-state index in [1.165, 1.54) is 15.5 Å². The molecule has 1 amide bonds. The number of amides is 1. The summed E-state index contributed by atoms with van der Waals surface area (Å²) >= 11 is 0. The van der Waals surface area contributed by atoms with E-state index in [0.29, 0.717) is 6.42 Å². The Balaban J connectivity index is 2.91. The second kappa shape index (κ2) is 7.47. The van der Waals surface area contributed by atoms with Crippen molar-refractivity contribution in [1.82, 2.24) is 9.47 Å². The summed E-state index contributed by atoms with van der Waals surface area (Å²) in [7, 11) is 1.56. The van der Waals surface area contributed by atoms with Crippen LogP contribution in [0.5, 0.6) is 0 Å². The van der Waals surface area contributed by atoms with Gasteiger partial charge in [-0.3, -0.25) is 14.4 Å². The van der Waals surface area contributed by atoms with Gasteiger partial charge in [-0.25, -0.2) is 0 Å². The third-order valence-electron chi connectivity index (χ3n) is 3.07. The zero-order valence-electron chi connectivity index (χ0n) is 11.8. The number of carboxylic acid groups (broad SMARTS) is 1. The lowest BCUT2D eigenvalue weighted by Crippen LogP contribution is -2.39. The topological polar surface area (TPSA) is 79.6 Å². The van der Waals surface area contributed by atoms with Crippen molar-refractivity contribution in [2.24, 2.45) is 0 Å². The zero-order chi connectivity index (χ0) is 15.1. The van der Waals surface area contributed by atoms with Gasteiger partial charge in [-0.05, 0) is 12.5 Å². The minimum atomic E-state index is -0.950. The summed E-state index contributed by atoms with van der Waals surface area (Å²) in [5.74, 6) is -1.19. The summed E-state index contributed by atoms with van der Waals surface area (Å²) in [6.07, 6.45) is 2.78. The van der Waals surface area contributed by atoms with Crippen molar-refractivity contribution in [3.8, 4) is 0 Å². The molecule has 0 fully saturated rings. The molecule has 20 heavy (non-hydrogen) atoms. The monoisotopic (exact) mass is 280 g/mol. The molecule has 0 spiro atoms. The molecule has 1 unspecified atom stereocenters. The average molecular weight is 280 g/mol. The number of rotatable bonds is 7. The van der Waals surface area contributed by atoms with Crippen LogP contribution in [0.2, 0.25) is 0 Å². The first-order valence-corrected chi connectivity index (χ1v) is 6.61. The lowest BCUT2D eigenvalue weighted by Gasteiger charge is -2.24. The van der Waals surface area contributed by atoms with Crippen molar-refractivity contribution < 1.29 is 14.7 Å². The normalized spacial score (nSPS) is 11.9. The summed E-state index contributed by atoms with van der Waals surface area (Å²) in [5.41, 5.74) is -0.231. The largest absolute Gasteiger partial charge is 0.481 e. The Kier molecular flexibility index (Phi) is 5.96. The first kappa shape index (κ1) is 15.9. The van der Waals surface area contributed by atoms with Crippen LogP contribution in [-0.4, -0.2) is 40.0 Å². The number of hydrogen-bond donors (Lipinski definition) is 1. The summed E-state index contributed by atoms with van der Waals surface area (Å²) < 4.78 is 1.41. The minimum absolute atomic E-state index is 0.106. The molecule has 6 heteroatoms. The summed E-state index contributed by atoms with van der Waals surface area (Å²) in [5, 5.41) is 8.65. The molecule has 0 aromatic carbocycles. The number of carbonyl (C=O) groups excluding carboxylic acids is 1. The van der Waals surface area contributed by atoms with Crippen LogP contribution in [0.4, 0.5) is 0 Å². The second-order valence-corrected chi connectivity index (χ2v) is 4.65. The Morgan fingerprint density at radius 3 is 2.65 bits per heavy atom. The van der Waals surface area contributed by atoms with Crippen molar-refractivity contribution in [2.45, 2.75) is 32.2 Å². The van der Waals surface area contributed by atoms with Crippen LogP contribution in [0.15, 0.2) is 29.2 Å². The first-order valence-electron chi connectivity index (χ1n) is 6.61. The molecule has 0 saturated heterocycles. The molecule has 0 aliphatic rings. The van der Waals surface area contributed by atoms with E-state index in [-0.39, 0.29) is 24.4 Å². The molecule has 0 aliphatic carbocycles. The number of aliphatic carboxylic acids is 1. The van der Waals surface area contributed by atoms with Gasteiger partial charge < -0.3 is 14.6 Å². The quantitative estimate of drug-likeness (QED) is 0.811. The minimum Gasteiger partial charge on any atom is -0.481 e. The number of pyridine rings is 1. The van der Waals surface area contributed by atoms with Crippen LogP contribution in [-0.2, 0) is 9.59 Å². The Labute approximate surface area is 117 Å². The molecule has 0 bridgehead atoms. The molecule has 1 aromatic rings. The van der Waals surface area contributed by atoms with Gasteiger partial charge in [0, 0.05) is 25.9 Å². The number of aromatic nitrogens is 1. The lowest BCUT2D eigenvalue weighted by atomic mass is 10.1. The molecule has 6 nitrogen and oxygen atoms in total. The van der Waals surface area contributed by atoms with E-state index in [1.807, 2.05) is 6.92 Å². The highest BCUT2D eigenvalue weighted by Gasteiger charge is 2.23. The van der Waals surface area contributed by atoms with Gasteiger partial charge in [0.05, 0.1) is 6.42 Å². The summed E-state index contributed by atoms with van der Waals surface area (Å²) in [6, 6.07) is 4.16. The number of hydrogen-bond acceptors (Lipinski definition) is 3. The van der Waals surface area contributed by atoms with E-state index in [0.717, 1.165) is 6.42 Å². The maximum absolute atomic E-state index is 12.4. The third-order valence-corrected chi connectivity index (χ3v) is 3.07. The lowest BCUT2D eigenvalue weighted by molar-refractivity contribution is -0.139. The van der Waals surface area contributed by atoms with Crippen LogP contribution in [0.3, 0.4) is 0 Å². The van der Waals surface area contributed by atoms with E-state index in [2.05, 4.69) is 0 Å². The van der Waals surface area contributed by atoms with E-state index < -0.39 is 12.0 Å². The van der Waals surface area contributed by atoms with E-state index >= 15 is 0 Å². The van der Waals surface area contributed by atoms with Gasteiger partial charge in [-0.1, -0.05) is 19.4 Å². The van der Waals surface area contributed by atoms with Crippen molar-refractivity contribution >= 4 is 11.9 Å². The molecule has 1 rings (SSSR count). The van der Waals surface area contributed by atoms with Crippen molar-refractivity contribution in [3.63, 3.8) is 0 Å². The molecule has 0 radical (unpaired) electrons. The first-order chi connectivity index (χ1) is 9.47. The van der Waals surface area contributed by atoms with Gasteiger partial charge in [-0.2, -0.15) is 0 Å². The van der Waals surface area contributed by atoms with Gasteiger partial charge in [0.25, 0.3) is 5.56 Å². The Morgan fingerprint density at radius 1 is 1.40 bits per heavy atom. The molecule has 0 saturated carbocycles. The SMILES string of the molecule is CCCC(C(=O)N(C)CCC(=O)O)n1ccccc1=O. The Bertz CT molecular complexity index is 524. The van der Waals surface area contributed by atoms with E-state index in [1.54, 1.807) is 25.4 Å². The van der Waals surface area contributed by atoms with E-state index in [9.17, 15) is 14.4 Å². The van der Waals surface area contributed by atoms with Gasteiger partial charge in [0.15, 0.2) is 0 Å². The molecule has 1 N–H and O–H groups in total. The van der Waals surface area contributed by atoms with Crippen LogP contribution in [0.25, 0.3) is 0 Å². The van der Waals surface area contributed by atoms with Crippen molar-refractivity contribution in [3.05, 3.63) is 34.7 Å².